The molecule has 0 aliphatic carbocycles. The van der Waals surface area contributed by atoms with E-state index in [0.29, 0.717) is 17.7 Å². The van der Waals surface area contributed by atoms with E-state index in [4.69, 9.17) is 0 Å². The number of aromatic hydroxyl groups is 2. The molecule has 120 valence electrons. The van der Waals surface area contributed by atoms with Gasteiger partial charge in [0.1, 0.15) is 11.5 Å². The Bertz CT molecular complexity index is 683. The van der Waals surface area contributed by atoms with Gasteiger partial charge in [-0.1, -0.05) is 44.2 Å². The van der Waals surface area contributed by atoms with Crippen LogP contribution in [0.1, 0.15) is 36.5 Å². The lowest BCUT2D eigenvalue weighted by molar-refractivity contribution is -0.116. The number of phenols is 2. The Morgan fingerprint density at radius 3 is 2.30 bits per heavy atom. The van der Waals surface area contributed by atoms with Crippen LogP contribution >= 0.6 is 0 Å². The van der Waals surface area contributed by atoms with Crippen LogP contribution in [0.3, 0.4) is 0 Å². The molecule has 0 spiro atoms. The Morgan fingerprint density at radius 1 is 1.13 bits per heavy atom. The molecule has 0 saturated heterocycles. The van der Waals surface area contributed by atoms with Crippen LogP contribution in [0.5, 0.6) is 11.5 Å². The molecule has 0 heterocycles. The van der Waals surface area contributed by atoms with Crippen molar-refractivity contribution in [2.75, 3.05) is 0 Å². The van der Waals surface area contributed by atoms with E-state index in [1.54, 1.807) is 6.08 Å². The first-order valence-electron chi connectivity index (χ1n) is 7.53. The first-order valence-corrected chi connectivity index (χ1v) is 7.53. The highest BCUT2D eigenvalue weighted by Gasteiger charge is 2.12. The van der Waals surface area contributed by atoms with Crippen molar-refractivity contribution in [3.05, 3.63) is 65.2 Å². The number of carbonyl (C=O) groups excluding carboxylic acids is 1. The lowest BCUT2D eigenvalue weighted by Crippen LogP contribution is -2.20. The number of rotatable bonds is 5. The maximum atomic E-state index is 11.8. The number of carbonyl (C=O) groups is 1. The van der Waals surface area contributed by atoms with Crippen molar-refractivity contribution < 1.29 is 15.0 Å². The Kier molecular flexibility index (Phi) is 5.41. The second kappa shape index (κ2) is 7.49. The Hall–Kier alpha value is -2.75. The van der Waals surface area contributed by atoms with Crippen LogP contribution in [0.15, 0.2) is 48.5 Å². The van der Waals surface area contributed by atoms with E-state index in [1.807, 2.05) is 44.2 Å². The van der Waals surface area contributed by atoms with Crippen LogP contribution in [0.25, 0.3) is 6.08 Å². The zero-order chi connectivity index (χ0) is 16.8. The van der Waals surface area contributed by atoms with Gasteiger partial charge >= 0.3 is 0 Å². The molecule has 0 bridgehead atoms. The molecule has 2 aromatic carbocycles. The molecule has 3 N–H and O–H groups in total. The molecule has 23 heavy (non-hydrogen) atoms. The van der Waals surface area contributed by atoms with Crippen LogP contribution in [-0.2, 0) is 11.3 Å². The smallest absolute Gasteiger partial charge is 0.244 e. The van der Waals surface area contributed by atoms with E-state index in [1.165, 1.54) is 18.2 Å². The van der Waals surface area contributed by atoms with Crippen molar-refractivity contribution in [3.8, 4) is 11.5 Å². The molecular weight excluding hydrogens is 290 g/mol. The van der Waals surface area contributed by atoms with Gasteiger partial charge in [-0.2, -0.15) is 0 Å². The average Bonchev–Trinajstić information content (AvgIpc) is 2.51. The van der Waals surface area contributed by atoms with E-state index < -0.39 is 0 Å². The molecular formula is C19H21NO3. The third-order valence-electron chi connectivity index (χ3n) is 3.47. The molecule has 4 nitrogen and oxygen atoms in total. The van der Waals surface area contributed by atoms with Crippen molar-refractivity contribution in [2.24, 2.45) is 0 Å². The zero-order valence-electron chi connectivity index (χ0n) is 13.3. The lowest BCUT2D eigenvalue weighted by atomic mass is 9.99. The van der Waals surface area contributed by atoms with E-state index in [-0.39, 0.29) is 23.3 Å². The van der Waals surface area contributed by atoms with Gasteiger partial charge in [-0.05, 0) is 35.3 Å². The largest absolute Gasteiger partial charge is 0.507 e. The van der Waals surface area contributed by atoms with Gasteiger partial charge < -0.3 is 15.5 Å². The predicted octanol–water partition coefficient (Wildman–Crippen LogP) is 3.55. The number of phenolic OH excluding ortho intramolecular Hbond substituents is 2. The van der Waals surface area contributed by atoms with Crippen LogP contribution < -0.4 is 5.32 Å². The van der Waals surface area contributed by atoms with Gasteiger partial charge in [0.05, 0.1) is 0 Å². The van der Waals surface area contributed by atoms with E-state index in [2.05, 4.69) is 5.32 Å². The highest BCUT2D eigenvalue weighted by Crippen LogP contribution is 2.35. The first kappa shape index (κ1) is 16.6. The summed E-state index contributed by atoms with van der Waals surface area (Å²) in [6.07, 6.45) is 2.94. The molecule has 4 heteroatoms. The molecule has 0 saturated carbocycles. The average molecular weight is 311 g/mol. The van der Waals surface area contributed by atoms with Crippen molar-refractivity contribution >= 4 is 12.0 Å². The Labute approximate surface area is 136 Å². The third-order valence-corrected chi connectivity index (χ3v) is 3.47. The van der Waals surface area contributed by atoms with Crippen LogP contribution in [-0.4, -0.2) is 16.1 Å². The summed E-state index contributed by atoms with van der Waals surface area (Å²) in [7, 11) is 0. The first-order chi connectivity index (χ1) is 11.0. The van der Waals surface area contributed by atoms with Crippen molar-refractivity contribution in [3.63, 3.8) is 0 Å². The molecule has 0 aromatic heterocycles. The summed E-state index contributed by atoms with van der Waals surface area (Å²) in [4.78, 5) is 11.8. The van der Waals surface area contributed by atoms with E-state index >= 15 is 0 Å². The van der Waals surface area contributed by atoms with Gasteiger partial charge in [0.2, 0.25) is 5.91 Å². The monoisotopic (exact) mass is 311 g/mol. The Balaban J connectivity index is 2.01. The van der Waals surface area contributed by atoms with Crippen molar-refractivity contribution in [1.29, 1.82) is 0 Å². The van der Waals surface area contributed by atoms with E-state index in [9.17, 15) is 15.0 Å². The third kappa shape index (κ3) is 4.61. The standard InChI is InChI=1S/C19H21NO3/c1-13(2)19-16(21)10-15(11-17(19)22)8-9-18(23)20-12-14-6-4-3-5-7-14/h3-11,13,21-22H,12H2,1-2H3,(H,20,23)/b9-8+. The van der Waals surface area contributed by atoms with E-state index in [0.717, 1.165) is 5.56 Å². The quantitative estimate of drug-likeness (QED) is 0.740. The minimum atomic E-state index is -0.235. The molecule has 1 amide bonds. The SMILES string of the molecule is CC(C)c1c(O)cc(/C=C/C(=O)NCc2ccccc2)cc1O. The second-order valence-electron chi connectivity index (χ2n) is 5.66. The number of nitrogens with one attached hydrogen (secondary N) is 1. The number of hydrogen-bond donors (Lipinski definition) is 3. The summed E-state index contributed by atoms with van der Waals surface area (Å²) < 4.78 is 0. The maximum absolute atomic E-state index is 11.8. The topological polar surface area (TPSA) is 69.6 Å². The summed E-state index contributed by atoms with van der Waals surface area (Å²) >= 11 is 0. The van der Waals surface area contributed by atoms with Gasteiger partial charge in [0.25, 0.3) is 0 Å². The minimum absolute atomic E-state index is 0.0159. The lowest BCUT2D eigenvalue weighted by Gasteiger charge is -2.11. The second-order valence-corrected chi connectivity index (χ2v) is 5.66. The molecule has 0 atom stereocenters. The predicted molar refractivity (Wildman–Crippen MR) is 91.2 cm³/mol. The fourth-order valence-electron chi connectivity index (χ4n) is 2.35. The minimum Gasteiger partial charge on any atom is -0.507 e. The number of benzene rings is 2. The number of hydrogen-bond acceptors (Lipinski definition) is 3. The summed E-state index contributed by atoms with van der Waals surface area (Å²) in [5.41, 5.74) is 2.10. The Morgan fingerprint density at radius 2 is 1.74 bits per heavy atom. The summed E-state index contributed by atoms with van der Waals surface area (Å²) in [6, 6.07) is 12.7. The summed E-state index contributed by atoms with van der Waals surface area (Å²) in [5, 5.41) is 22.7. The normalized spacial score (nSPS) is 11.1. The molecule has 0 aliphatic heterocycles. The fraction of sp³-hybridized carbons (Fsp3) is 0.211. The van der Waals surface area contributed by atoms with Crippen LogP contribution in [0.2, 0.25) is 0 Å². The highest BCUT2D eigenvalue weighted by atomic mass is 16.3. The molecule has 0 aliphatic rings. The summed E-state index contributed by atoms with van der Waals surface area (Å²) in [5.74, 6) is -0.156. The maximum Gasteiger partial charge on any atom is 0.244 e. The van der Waals surface area contributed by atoms with Gasteiger partial charge in [-0.3, -0.25) is 4.79 Å². The highest BCUT2D eigenvalue weighted by molar-refractivity contribution is 5.91. The van der Waals surface area contributed by atoms with Gasteiger partial charge in [0, 0.05) is 18.2 Å². The fourth-order valence-corrected chi connectivity index (χ4v) is 2.35. The van der Waals surface area contributed by atoms with Gasteiger partial charge in [-0.25, -0.2) is 0 Å². The van der Waals surface area contributed by atoms with Crippen LogP contribution in [0.4, 0.5) is 0 Å². The zero-order valence-corrected chi connectivity index (χ0v) is 13.3. The van der Waals surface area contributed by atoms with Crippen molar-refractivity contribution in [2.45, 2.75) is 26.3 Å². The van der Waals surface area contributed by atoms with Crippen LogP contribution in [0, 0.1) is 0 Å². The number of amides is 1. The summed E-state index contributed by atoms with van der Waals surface area (Å²) in [6.45, 7) is 4.23. The molecule has 2 aromatic rings. The van der Waals surface area contributed by atoms with Gasteiger partial charge in [-0.15, -0.1) is 0 Å². The molecule has 0 fully saturated rings. The molecule has 2 rings (SSSR count). The molecule has 0 radical (unpaired) electrons. The van der Waals surface area contributed by atoms with Gasteiger partial charge in [0.15, 0.2) is 0 Å². The molecule has 0 unspecified atom stereocenters. The van der Waals surface area contributed by atoms with Crippen molar-refractivity contribution in [1.82, 2.24) is 5.32 Å².